The van der Waals surface area contributed by atoms with E-state index in [1.54, 1.807) is 5.32 Å². The third kappa shape index (κ3) is 5.19. The fourth-order valence-electron chi connectivity index (χ4n) is 1.51. The first-order valence-corrected chi connectivity index (χ1v) is 5.77. The number of halogens is 5. The van der Waals surface area contributed by atoms with Crippen molar-refractivity contribution in [2.24, 2.45) is 0 Å². The van der Waals surface area contributed by atoms with Gasteiger partial charge in [0, 0.05) is 12.5 Å². The van der Waals surface area contributed by atoms with Crippen LogP contribution in [0, 0.1) is 5.82 Å². The molecule has 1 aromatic carbocycles. The number of aliphatic carboxylic acids is 1. The van der Waals surface area contributed by atoms with E-state index in [1.807, 2.05) is 0 Å². The van der Waals surface area contributed by atoms with Gasteiger partial charge in [0.2, 0.25) is 6.43 Å². The molecule has 0 bridgehead atoms. The van der Waals surface area contributed by atoms with Gasteiger partial charge in [-0.15, -0.1) is 0 Å². The van der Waals surface area contributed by atoms with E-state index in [0.717, 1.165) is 12.1 Å². The van der Waals surface area contributed by atoms with Gasteiger partial charge < -0.3 is 15.2 Å². The number of benzene rings is 1. The fraction of sp³-hybridized carbons (Fsp3) is 0.333. The summed E-state index contributed by atoms with van der Waals surface area (Å²) < 4.78 is 65.7. The van der Waals surface area contributed by atoms with Crippen LogP contribution in [0.5, 0.6) is 5.75 Å². The Hall–Kier alpha value is -2.39. The van der Waals surface area contributed by atoms with Crippen LogP contribution in [-0.2, 0) is 4.79 Å². The van der Waals surface area contributed by atoms with Gasteiger partial charge >= 0.3 is 12.6 Å². The predicted molar refractivity (Wildman–Crippen MR) is 62.5 cm³/mol. The summed E-state index contributed by atoms with van der Waals surface area (Å²) in [5.41, 5.74) is -0.609. The van der Waals surface area contributed by atoms with Crippen molar-refractivity contribution in [3.63, 3.8) is 0 Å². The second-order valence-corrected chi connectivity index (χ2v) is 4.01. The molecule has 0 aromatic heterocycles. The van der Waals surface area contributed by atoms with Gasteiger partial charge in [-0.2, -0.15) is 8.78 Å². The summed E-state index contributed by atoms with van der Waals surface area (Å²) in [5, 5.41) is 10.4. The molecule has 10 heteroatoms. The second kappa shape index (κ2) is 7.57. The number of carbonyl (C=O) groups is 2. The van der Waals surface area contributed by atoms with Gasteiger partial charge in [0.1, 0.15) is 17.6 Å². The van der Waals surface area contributed by atoms with Crippen LogP contribution in [0.25, 0.3) is 0 Å². The monoisotopic (exact) mass is 327 g/mol. The quantitative estimate of drug-likeness (QED) is 0.753. The molecule has 1 unspecified atom stereocenters. The zero-order valence-corrected chi connectivity index (χ0v) is 10.7. The average Bonchev–Trinajstić information content (AvgIpc) is 2.36. The highest BCUT2D eigenvalue weighted by molar-refractivity contribution is 5.98. The molecule has 1 atom stereocenters. The van der Waals surface area contributed by atoms with Gasteiger partial charge in [0.05, 0.1) is 5.56 Å². The summed E-state index contributed by atoms with van der Waals surface area (Å²) >= 11 is 0. The average molecular weight is 327 g/mol. The Kier molecular flexibility index (Phi) is 6.08. The smallest absolute Gasteiger partial charge is 0.387 e. The largest absolute Gasteiger partial charge is 0.480 e. The predicted octanol–water partition coefficient (Wildman–Crippen LogP) is 2.27. The standard InChI is InChI=1S/C12H10F5NO4/c13-5-1-2-6(8(3-5)22-12(16)17)10(19)18-7(11(20)21)4-9(14)15/h1-3,7,9,12H,4H2,(H,18,19)(H,20,21). The van der Waals surface area contributed by atoms with Crippen molar-refractivity contribution >= 4 is 11.9 Å². The van der Waals surface area contributed by atoms with Crippen molar-refractivity contribution < 1.29 is 41.4 Å². The van der Waals surface area contributed by atoms with Crippen molar-refractivity contribution in [2.45, 2.75) is 25.5 Å². The van der Waals surface area contributed by atoms with Gasteiger partial charge in [0.25, 0.3) is 5.91 Å². The van der Waals surface area contributed by atoms with E-state index < -0.39 is 54.5 Å². The van der Waals surface area contributed by atoms with E-state index in [0.29, 0.717) is 6.07 Å². The minimum atomic E-state index is -3.36. The summed E-state index contributed by atoms with van der Waals surface area (Å²) in [7, 11) is 0. The normalized spacial score (nSPS) is 12.3. The number of hydrogen-bond acceptors (Lipinski definition) is 3. The van der Waals surface area contributed by atoms with Crippen LogP contribution in [0.3, 0.4) is 0 Å². The van der Waals surface area contributed by atoms with Crippen molar-refractivity contribution in [1.82, 2.24) is 5.32 Å². The highest BCUT2D eigenvalue weighted by Crippen LogP contribution is 2.22. The molecule has 122 valence electrons. The fourth-order valence-corrected chi connectivity index (χ4v) is 1.51. The Morgan fingerprint density at radius 2 is 1.86 bits per heavy atom. The number of alkyl halides is 4. The molecular formula is C12H10F5NO4. The molecule has 1 amide bonds. The molecule has 0 saturated carbocycles. The maximum absolute atomic E-state index is 13.0. The molecular weight excluding hydrogens is 317 g/mol. The molecule has 1 aromatic rings. The molecule has 0 saturated heterocycles. The van der Waals surface area contributed by atoms with Crippen molar-refractivity contribution in [3.8, 4) is 5.75 Å². The summed E-state index contributed by atoms with van der Waals surface area (Å²) in [4.78, 5) is 22.5. The minimum Gasteiger partial charge on any atom is -0.480 e. The number of nitrogens with one attached hydrogen (secondary N) is 1. The van der Waals surface area contributed by atoms with Crippen molar-refractivity contribution in [3.05, 3.63) is 29.6 Å². The summed E-state index contributed by atoms with van der Waals surface area (Å²) in [6.45, 7) is -3.36. The zero-order chi connectivity index (χ0) is 16.9. The van der Waals surface area contributed by atoms with Gasteiger partial charge in [-0.25, -0.2) is 18.0 Å². The molecule has 0 aliphatic heterocycles. The van der Waals surface area contributed by atoms with Crippen LogP contribution in [0.1, 0.15) is 16.8 Å². The molecule has 22 heavy (non-hydrogen) atoms. The third-order valence-corrected chi connectivity index (χ3v) is 2.42. The lowest BCUT2D eigenvalue weighted by Gasteiger charge is -2.16. The molecule has 0 aliphatic carbocycles. The lowest BCUT2D eigenvalue weighted by atomic mass is 10.1. The molecule has 5 nitrogen and oxygen atoms in total. The minimum absolute atomic E-state index is 0.490. The summed E-state index contributed by atoms with van der Waals surface area (Å²) in [5.74, 6) is -4.81. The van der Waals surface area contributed by atoms with Gasteiger partial charge in [0.15, 0.2) is 0 Å². The highest BCUT2D eigenvalue weighted by atomic mass is 19.3. The Bertz CT molecular complexity index is 552. The SMILES string of the molecule is O=C(NC(CC(F)F)C(=O)O)c1ccc(F)cc1OC(F)F. The van der Waals surface area contributed by atoms with E-state index in [2.05, 4.69) is 4.74 Å². The van der Waals surface area contributed by atoms with Crippen molar-refractivity contribution in [2.75, 3.05) is 0 Å². The van der Waals surface area contributed by atoms with Crippen LogP contribution in [0.2, 0.25) is 0 Å². The first-order valence-electron chi connectivity index (χ1n) is 5.77. The first kappa shape index (κ1) is 17.7. The maximum atomic E-state index is 13.0. The van der Waals surface area contributed by atoms with E-state index >= 15 is 0 Å². The van der Waals surface area contributed by atoms with Crippen LogP contribution in [-0.4, -0.2) is 36.1 Å². The third-order valence-electron chi connectivity index (χ3n) is 2.42. The van der Waals surface area contributed by atoms with Crippen LogP contribution >= 0.6 is 0 Å². The van der Waals surface area contributed by atoms with E-state index in [9.17, 15) is 31.5 Å². The number of ether oxygens (including phenoxy) is 1. The first-order chi connectivity index (χ1) is 10.2. The maximum Gasteiger partial charge on any atom is 0.387 e. The number of carbonyl (C=O) groups excluding carboxylic acids is 1. The lowest BCUT2D eigenvalue weighted by Crippen LogP contribution is -2.42. The Morgan fingerprint density at radius 1 is 1.23 bits per heavy atom. The van der Waals surface area contributed by atoms with E-state index in [-0.39, 0.29) is 0 Å². The van der Waals surface area contributed by atoms with E-state index in [4.69, 9.17) is 5.11 Å². The Balaban J connectivity index is 2.98. The molecule has 0 heterocycles. The number of carboxylic acids is 1. The molecule has 0 spiro atoms. The summed E-state index contributed by atoms with van der Waals surface area (Å²) in [6, 6.07) is 0.0703. The van der Waals surface area contributed by atoms with Crippen molar-refractivity contribution in [1.29, 1.82) is 0 Å². The Labute approximate surface area is 120 Å². The van der Waals surface area contributed by atoms with Gasteiger partial charge in [-0.05, 0) is 12.1 Å². The highest BCUT2D eigenvalue weighted by Gasteiger charge is 2.26. The topological polar surface area (TPSA) is 75.6 Å². The molecule has 2 N–H and O–H groups in total. The molecule has 0 fully saturated rings. The summed E-state index contributed by atoms with van der Waals surface area (Å²) in [6.07, 6.45) is -4.18. The van der Waals surface area contributed by atoms with Gasteiger partial charge in [-0.1, -0.05) is 0 Å². The zero-order valence-electron chi connectivity index (χ0n) is 10.7. The van der Waals surface area contributed by atoms with Crippen LogP contribution in [0.15, 0.2) is 18.2 Å². The van der Waals surface area contributed by atoms with Crippen LogP contribution in [0.4, 0.5) is 22.0 Å². The molecule has 0 aliphatic rings. The Morgan fingerprint density at radius 3 is 2.36 bits per heavy atom. The second-order valence-electron chi connectivity index (χ2n) is 4.01. The molecule has 0 radical (unpaired) electrons. The number of amides is 1. The van der Waals surface area contributed by atoms with E-state index in [1.165, 1.54) is 0 Å². The lowest BCUT2D eigenvalue weighted by molar-refractivity contribution is -0.140. The van der Waals surface area contributed by atoms with Gasteiger partial charge in [-0.3, -0.25) is 4.79 Å². The number of rotatable bonds is 7. The van der Waals surface area contributed by atoms with Crippen LogP contribution < -0.4 is 10.1 Å². The number of carboxylic acid groups (broad SMARTS) is 1. The number of hydrogen-bond donors (Lipinski definition) is 2. The molecule has 1 rings (SSSR count).